The SMILES string of the molecule is O=C(N/N=C/c1ccc(Cl)c(Cl)c1)c1cc(-c2ccc(F)cc2)nc(=O)[nH]1. The number of hydrogen-bond acceptors (Lipinski definition) is 4. The zero-order chi connectivity index (χ0) is 19.4. The molecule has 3 aromatic rings. The van der Waals surface area contributed by atoms with Gasteiger partial charge in [0.05, 0.1) is 22.0 Å². The molecule has 3 rings (SSSR count). The third kappa shape index (κ3) is 4.78. The van der Waals surface area contributed by atoms with E-state index in [1.54, 1.807) is 18.2 Å². The molecule has 0 spiro atoms. The molecule has 1 aromatic heterocycles. The van der Waals surface area contributed by atoms with Crippen LogP contribution in [0.4, 0.5) is 4.39 Å². The van der Waals surface area contributed by atoms with Crippen molar-refractivity contribution in [3.63, 3.8) is 0 Å². The molecule has 0 aliphatic heterocycles. The fourth-order valence-electron chi connectivity index (χ4n) is 2.17. The molecule has 1 heterocycles. The molecule has 0 aliphatic rings. The van der Waals surface area contributed by atoms with Gasteiger partial charge in [-0.25, -0.2) is 14.6 Å². The monoisotopic (exact) mass is 404 g/mol. The first kappa shape index (κ1) is 18.8. The zero-order valence-electron chi connectivity index (χ0n) is 13.5. The van der Waals surface area contributed by atoms with Crippen LogP contribution in [0.5, 0.6) is 0 Å². The van der Waals surface area contributed by atoms with E-state index in [-0.39, 0.29) is 11.4 Å². The maximum Gasteiger partial charge on any atom is 0.346 e. The van der Waals surface area contributed by atoms with Crippen LogP contribution in [0.2, 0.25) is 10.0 Å². The molecule has 2 N–H and O–H groups in total. The summed E-state index contributed by atoms with van der Waals surface area (Å²) in [6, 6.07) is 11.6. The predicted octanol–water partition coefficient (Wildman–Crippen LogP) is 3.65. The van der Waals surface area contributed by atoms with Crippen molar-refractivity contribution in [1.82, 2.24) is 15.4 Å². The second kappa shape index (κ2) is 8.11. The molecule has 0 aliphatic carbocycles. The first-order chi connectivity index (χ1) is 12.9. The Morgan fingerprint density at radius 3 is 2.56 bits per heavy atom. The van der Waals surface area contributed by atoms with Gasteiger partial charge in [0.1, 0.15) is 11.5 Å². The number of H-pyrrole nitrogens is 1. The van der Waals surface area contributed by atoms with Gasteiger partial charge in [0.2, 0.25) is 0 Å². The fraction of sp³-hybridized carbons (Fsp3) is 0. The van der Waals surface area contributed by atoms with E-state index in [4.69, 9.17) is 23.2 Å². The summed E-state index contributed by atoms with van der Waals surface area (Å²) in [5.74, 6) is -1.06. The number of aromatic amines is 1. The Morgan fingerprint density at radius 2 is 1.85 bits per heavy atom. The number of carbonyl (C=O) groups excluding carboxylic acids is 1. The number of nitrogens with one attached hydrogen (secondary N) is 2. The zero-order valence-corrected chi connectivity index (χ0v) is 15.1. The largest absolute Gasteiger partial charge is 0.346 e. The molecule has 0 fully saturated rings. The highest BCUT2D eigenvalue weighted by molar-refractivity contribution is 6.42. The topological polar surface area (TPSA) is 87.2 Å². The number of aromatic nitrogens is 2. The smallest absolute Gasteiger partial charge is 0.301 e. The van der Waals surface area contributed by atoms with Crippen molar-refractivity contribution >= 4 is 35.3 Å². The third-order valence-corrected chi connectivity index (χ3v) is 4.19. The number of carbonyl (C=O) groups is 1. The Balaban J connectivity index is 1.78. The quantitative estimate of drug-likeness (QED) is 0.513. The molecule has 0 saturated heterocycles. The molecule has 136 valence electrons. The molecule has 2 aromatic carbocycles. The lowest BCUT2D eigenvalue weighted by molar-refractivity contribution is 0.0949. The molecule has 0 radical (unpaired) electrons. The second-order valence-electron chi connectivity index (χ2n) is 5.36. The van der Waals surface area contributed by atoms with Gasteiger partial charge in [-0.3, -0.25) is 4.79 Å². The molecule has 9 heteroatoms. The van der Waals surface area contributed by atoms with Crippen LogP contribution in [0.15, 0.2) is 58.4 Å². The number of amides is 1. The normalized spacial score (nSPS) is 10.9. The summed E-state index contributed by atoms with van der Waals surface area (Å²) in [6.07, 6.45) is 1.38. The summed E-state index contributed by atoms with van der Waals surface area (Å²) in [4.78, 5) is 30.1. The van der Waals surface area contributed by atoms with Crippen LogP contribution in [0.3, 0.4) is 0 Å². The van der Waals surface area contributed by atoms with Crippen molar-refractivity contribution in [2.75, 3.05) is 0 Å². The summed E-state index contributed by atoms with van der Waals surface area (Å²) in [6.45, 7) is 0. The van der Waals surface area contributed by atoms with E-state index in [0.29, 0.717) is 21.2 Å². The van der Waals surface area contributed by atoms with E-state index in [2.05, 4.69) is 20.5 Å². The van der Waals surface area contributed by atoms with E-state index in [9.17, 15) is 14.0 Å². The highest BCUT2D eigenvalue weighted by atomic mass is 35.5. The average Bonchev–Trinajstić information content (AvgIpc) is 2.64. The molecule has 0 bridgehead atoms. The van der Waals surface area contributed by atoms with Gasteiger partial charge in [-0.05, 0) is 48.0 Å². The van der Waals surface area contributed by atoms with Crippen molar-refractivity contribution < 1.29 is 9.18 Å². The van der Waals surface area contributed by atoms with Crippen LogP contribution in [-0.4, -0.2) is 22.1 Å². The summed E-state index contributed by atoms with van der Waals surface area (Å²) < 4.78 is 13.0. The molecule has 0 saturated carbocycles. The van der Waals surface area contributed by atoms with Crippen molar-refractivity contribution in [3.8, 4) is 11.3 Å². The minimum absolute atomic E-state index is 0.0411. The number of rotatable bonds is 4. The Labute approximate surface area is 162 Å². The minimum atomic E-state index is -0.713. The van der Waals surface area contributed by atoms with Gasteiger partial charge in [-0.1, -0.05) is 29.3 Å². The standard InChI is InChI=1S/C18H11Cl2FN4O2/c19-13-6-1-10(7-14(13)20)9-22-25-17(26)16-8-15(23-18(27)24-16)11-2-4-12(21)5-3-11/h1-9H,(H,25,26)(H,23,24,27)/b22-9+. The molecule has 0 atom stereocenters. The second-order valence-corrected chi connectivity index (χ2v) is 6.18. The molecule has 27 heavy (non-hydrogen) atoms. The lowest BCUT2D eigenvalue weighted by Gasteiger charge is -2.04. The lowest BCUT2D eigenvalue weighted by Crippen LogP contribution is -2.24. The van der Waals surface area contributed by atoms with E-state index in [0.717, 1.165) is 0 Å². The van der Waals surface area contributed by atoms with Crippen LogP contribution >= 0.6 is 23.2 Å². The number of benzene rings is 2. The van der Waals surface area contributed by atoms with Crippen LogP contribution < -0.4 is 11.1 Å². The number of nitrogens with zero attached hydrogens (tertiary/aromatic N) is 2. The van der Waals surface area contributed by atoms with Crippen LogP contribution in [-0.2, 0) is 0 Å². The average molecular weight is 405 g/mol. The van der Waals surface area contributed by atoms with Crippen LogP contribution in [0.1, 0.15) is 16.1 Å². The van der Waals surface area contributed by atoms with Crippen LogP contribution in [0, 0.1) is 5.82 Å². The lowest BCUT2D eigenvalue weighted by atomic mass is 10.1. The van der Waals surface area contributed by atoms with Gasteiger partial charge in [0, 0.05) is 5.56 Å². The highest BCUT2D eigenvalue weighted by Gasteiger charge is 2.10. The molecule has 6 nitrogen and oxygen atoms in total. The van der Waals surface area contributed by atoms with Gasteiger partial charge in [-0.15, -0.1) is 0 Å². The van der Waals surface area contributed by atoms with Gasteiger partial charge < -0.3 is 4.98 Å². The number of hydrogen-bond donors (Lipinski definition) is 2. The van der Waals surface area contributed by atoms with Crippen molar-refractivity contribution in [2.24, 2.45) is 5.10 Å². The van der Waals surface area contributed by atoms with Gasteiger partial charge in [0.25, 0.3) is 5.91 Å². The Morgan fingerprint density at radius 1 is 1.11 bits per heavy atom. The van der Waals surface area contributed by atoms with Crippen LogP contribution in [0.25, 0.3) is 11.3 Å². The molecule has 0 unspecified atom stereocenters. The van der Waals surface area contributed by atoms with E-state index < -0.39 is 17.4 Å². The predicted molar refractivity (Wildman–Crippen MR) is 102 cm³/mol. The van der Waals surface area contributed by atoms with Gasteiger partial charge in [-0.2, -0.15) is 10.1 Å². The van der Waals surface area contributed by atoms with Crippen molar-refractivity contribution in [1.29, 1.82) is 0 Å². The van der Waals surface area contributed by atoms with E-state index in [1.165, 1.54) is 36.5 Å². The summed E-state index contributed by atoms with van der Waals surface area (Å²) in [5, 5.41) is 4.57. The summed E-state index contributed by atoms with van der Waals surface area (Å²) in [7, 11) is 0. The van der Waals surface area contributed by atoms with E-state index >= 15 is 0 Å². The summed E-state index contributed by atoms with van der Waals surface area (Å²) >= 11 is 11.7. The minimum Gasteiger partial charge on any atom is -0.301 e. The molecule has 1 amide bonds. The van der Waals surface area contributed by atoms with Crippen molar-refractivity contribution in [3.05, 3.63) is 86.1 Å². The third-order valence-electron chi connectivity index (χ3n) is 3.45. The maximum absolute atomic E-state index is 13.0. The summed E-state index contributed by atoms with van der Waals surface area (Å²) in [5.41, 5.74) is 2.89. The first-order valence-corrected chi connectivity index (χ1v) is 8.34. The molecular weight excluding hydrogens is 394 g/mol. The Hall–Kier alpha value is -3.03. The Bertz CT molecular complexity index is 1080. The van der Waals surface area contributed by atoms with E-state index in [1.807, 2.05) is 0 Å². The van der Waals surface area contributed by atoms with Crippen molar-refractivity contribution in [2.45, 2.75) is 0 Å². The van der Waals surface area contributed by atoms with Gasteiger partial charge >= 0.3 is 5.69 Å². The highest BCUT2D eigenvalue weighted by Crippen LogP contribution is 2.21. The molecular formula is C18H11Cl2FN4O2. The number of hydrazone groups is 1. The first-order valence-electron chi connectivity index (χ1n) is 7.58. The number of halogens is 3. The Kier molecular flexibility index (Phi) is 5.63. The maximum atomic E-state index is 13.0. The fourth-order valence-corrected chi connectivity index (χ4v) is 2.47. The van der Waals surface area contributed by atoms with Gasteiger partial charge in [0.15, 0.2) is 0 Å².